The van der Waals surface area contributed by atoms with Crippen LogP contribution in [0.1, 0.15) is 20.8 Å². The van der Waals surface area contributed by atoms with Gasteiger partial charge in [0.1, 0.15) is 7.85 Å². The van der Waals surface area contributed by atoms with Crippen molar-refractivity contribution in [1.82, 2.24) is 0 Å². The molecule has 0 spiro atoms. The number of hydrogen-bond acceptors (Lipinski definition) is 0. The van der Waals surface area contributed by atoms with E-state index in [9.17, 15) is 22.0 Å². The lowest BCUT2D eigenvalue weighted by atomic mass is 9.94. The van der Waals surface area contributed by atoms with Crippen LogP contribution in [0.15, 0.2) is 0 Å². The van der Waals surface area contributed by atoms with Gasteiger partial charge in [0.2, 0.25) is 0 Å². The van der Waals surface area contributed by atoms with Crippen LogP contribution in [0.5, 0.6) is 0 Å². The van der Waals surface area contributed by atoms with E-state index in [4.69, 9.17) is 0 Å². The molecule has 1 rings (SSSR count). The second kappa shape index (κ2) is 8.60. The first-order chi connectivity index (χ1) is 8.81. The van der Waals surface area contributed by atoms with E-state index in [1.165, 1.54) is 15.8 Å². The summed E-state index contributed by atoms with van der Waals surface area (Å²) in [7, 11) is 0.816. The first-order valence-electron chi connectivity index (χ1n) is 6.29. The maximum atomic E-state index is 12.4. The van der Waals surface area contributed by atoms with Crippen molar-refractivity contribution in [1.29, 1.82) is 0 Å². The van der Waals surface area contributed by atoms with Crippen LogP contribution in [0.2, 0.25) is 15.8 Å². The highest BCUT2D eigenvalue weighted by Crippen LogP contribution is 2.14. The normalized spacial score (nSPS) is 9.89. The molecule has 0 aliphatic rings. The molecule has 0 saturated carbocycles. The Morgan fingerprint density at radius 2 is 0.947 bits per heavy atom. The third-order valence-electron chi connectivity index (χ3n) is 3.16. The van der Waals surface area contributed by atoms with Crippen molar-refractivity contribution in [3.63, 3.8) is 0 Å². The molecule has 0 N–H and O–H groups in total. The smallest absolute Gasteiger partial charge is 0.204 e. The lowest BCUT2D eigenvalue weighted by molar-refractivity contribution is 0.384. The van der Waals surface area contributed by atoms with Crippen molar-refractivity contribution in [3.05, 3.63) is 29.1 Å². The number of halogens is 5. The molecule has 1 aromatic carbocycles. The van der Waals surface area contributed by atoms with Crippen LogP contribution in [0.25, 0.3) is 0 Å². The molecule has 7 heteroatoms. The van der Waals surface area contributed by atoms with Gasteiger partial charge in [-0.1, -0.05) is 36.6 Å². The zero-order chi connectivity index (χ0) is 15.2. The molecule has 0 atom stereocenters. The van der Waals surface area contributed by atoms with Gasteiger partial charge in [-0.05, 0) is 5.46 Å². The summed E-state index contributed by atoms with van der Waals surface area (Å²) in [6, 6.07) is 0. The molecule has 0 saturated heterocycles. The van der Waals surface area contributed by atoms with Crippen LogP contribution in [-0.4, -0.2) is 22.0 Å². The molecule has 0 heterocycles. The van der Waals surface area contributed by atoms with E-state index in [-0.39, 0.29) is 14.1 Å². The summed E-state index contributed by atoms with van der Waals surface area (Å²) in [5.74, 6) is -9.52. The van der Waals surface area contributed by atoms with Crippen molar-refractivity contribution in [2.24, 2.45) is 0 Å². The predicted octanol–water partition coefficient (Wildman–Crippen LogP) is 3.18. The first-order valence-corrected chi connectivity index (χ1v) is 8.74. The van der Waals surface area contributed by atoms with Gasteiger partial charge in [0, 0.05) is 0 Å². The zero-order valence-electron chi connectivity index (χ0n) is 11.6. The minimum absolute atomic E-state index is 0.171. The molecular weight excluding hydrogens is 277 g/mol. The summed E-state index contributed by atoms with van der Waals surface area (Å²) in [6.07, 6.45) is 0. The minimum atomic E-state index is -2.13. The summed E-state index contributed by atoms with van der Waals surface area (Å²) in [5.41, 5.74) is -0.869. The highest BCUT2D eigenvalue weighted by Gasteiger charge is 2.22. The Morgan fingerprint density at radius 1 is 0.684 bits per heavy atom. The Labute approximate surface area is 115 Å². The molecule has 19 heavy (non-hydrogen) atoms. The van der Waals surface area contributed by atoms with Gasteiger partial charge in [-0.3, -0.25) is 0 Å². The predicted molar refractivity (Wildman–Crippen MR) is 71.6 cm³/mol. The van der Waals surface area contributed by atoms with Gasteiger partial charge in [0.25, 0.3) is 14.1 Å². The molecule has 0 nitrogen and oxygen atoms in total. The molecule has 0 aliphatic heterocycles. The van der Waals surface area contributed by atoms with E-state index in [0.717, 1.165) is 7.85 Å². The average molecular weight is 294 g/mol. The van der Waals surface area contributed by atoms with Crippen LogP contribution < -0.4 is 5.46 Å². The van der Waals surface area contributed by atoms with Crippen LogP contribution >= 0.6 is 0 Å². The van der Waals surface area contributed by atoms with Gasteiger partial charge in [-0.25, -0.2) is 22.0 Å². The molecule has 0 unspecified atom stereocenters. The van der Waals surface area contributed by atoms with Gasteiger partial charge < -0.3 is 0 Å². The highest BCUT2D eigenvalue weighted by atomic mass is 27.2. The number of rotatable bonds is 3. The minimum Gasteiger partial charge on any atom is -0.204 e. The van der Waals surface area contributed by atoms with Gasteiger partial charge in [-0.2, -0.15) is 0 Å². The fraction of sp³-hybridized carbons (Fsp3) is 0.500. The standard InChI is InChI=1S/C6H2BF5.3C2H5.Al/c7-1-2(8)4(10)6(12)5(11)3(1)9;3*1-2;/h7H2;3*1H2,2H3;. The van der Waals surface area contributed by atoms with Crippen LogP contribution in [-0.2, 0) is 0 Å². The fourth-order valence-corrected chi connectivity index (χ4v) is 3.31. The molecule has 0 amide bonds. The van der Waals surface area contributed by atoms with Crippen molar-refractivity contribution < 1.29 is 22.0 Å². The summed E-state index contributed by atoms with van der Waals surface area (Å²) in [5, 5.41) is 4.48. The third-order valence-corrected chi connectivity index (χ3v) is 6.63. The molecule has 0 radical (unpaired) electrons. The quantitative estimate of drug-likeness (QED) is 0.348. The Kier molecular flexibility index (Phi) is 8.36. The monoisotopic (exact) mass is 294 g/mol. The van der Waals surface area contributed by atoms with E-state index < -0.39 is 34.5 Å². The molecule has 0 bridgehead atoms. The van der Waals surface area contributed by atoms with E-state index in [2.05, 4.69) is 20.8 Å². The SMILES string of the molecule is Bc1c(F)c(F)c(F)c(F)c1F.C[CH2][Al]([CH2]C)[CH2]C. The Hall–Kier alpha value is -0.533. The lowest BCUT2D eigenvalue weighted by Gasteiger charge is -2.02. The summed E-state index contributed by atoms with van der Waals surface area (Å²) in [4.78, 5) is 0. The van der Waals surface area contributed by atoms with Gasteiger partial charge >= 0.3 is 0 Å². The maximum Gasteiger partial charge on any atom is 0.261 e. The molecule has 0 aromatic heterocycles. The van der Waals surface area contributed by atoms with Gasteiger partial charge in [-0.15, -0.1) is 0 Å². The number of benzene rings is 1. The topological polar surface area (TPSA) is 0 Å². The van der Waals surface area contributed by atoms with E-state index in [1.54, 1.807) is 0 Å². The molecule has 106 valence electrons. The second-order valence-electron chi connectivity index (χ2n) is 4.29. The van der Waals surface area contributed by atoms with E-state index in [0.29, 0.717) is 0 Å². The van der Waals surface area contributed by atoms with Gasteiger partial charge in [0.15, 0.2) is 29.1 Å². The van der Waals surface area contributed by atoms with Crippen LogP contribution in [0.4, 0.5) is 22.0 Å². The lowest BCUT2D eigenvalue weighted by Crippen LogP contribution is -2.20. The van der Waals surface area contributed by atoms with Crippen molar-refractivity contribution in [2.75, 3.05) is 0 Å². The third kappa shape index (κ3) is 4.81. The van der Waals surface area contributed by atoms with Crippen LogP contribution in [0.3, 0.4) is 0 Å². The second-order valence-corrected chi connectivity index (χ2v) is 8.47. The fourth-order valence-electron chi connectivity index (χ4n) is 1.58. The molecule has 0 fully saturated rings. The maximum absolute atomic E-state index is 12.4. The first kappa shape index (κ1) is 18.5. The zero-order valence-corrected chi connectivity index (χ0v) is 12.7. The highest BCUT2D eigenvalue weighted by molar-refractivity contribution is 6.58. The summed E-state index contributed by atoms with van der Waals surface area (Å²) < 4.78 is 61.6. The van der Waals surface area contributed by atoms with Crippen molar-refractivity contribution in [3.8, 4) is 0 Å². The Balaban J connectivity index is 0.000000399. The number of hydrogen-bond donors (Lipinski definition) is 0. The average Bonchev–Trinajstić information content (AvgIpc) is 2.43. The molecule has 1 aromatic rings. The van der Waals surface area contributed by atoms with Crippen molar-refractivity contribution >= 4 is 27.5 Å². The summed E-state index contributed by atoms with van der Waals surface area (Å²) in [6.45, 7) is 6.97. The van der Waals surface area contributed by atoms with Gasteiger partial charge in [0.05, 0.1) is 0 Å². The molecule has 0 aliphatic carbocycles. The van der Waals surface area contributed by atoms with Crippen LogP contribution in [0, 0.1) is 29.1 Å². The Bertz CT molecular complexity index is 311. The summed E-state index contributed by atoms with van der Waals surface area (Å²) >= 11 is -0.171. The van der Waals surface area contributed by atoms with E-state index >= 15 is 0 Å². The molecular formula is C12H17AlBF5. The van der Waals surface area contributed by atoms with E-state index in [1.807, 2.05) is 0 Å². The Morgan fingerprint density at radius 3 is 1.16 bits per heavy atom. The van der Waals surface area contributed by atoms with Crippen molar-refractivity contribution in [2.45, 2.75) is 36.6 Å². The largest absolute Gasteiger partial charge is 0.261 e.